The first kappa shape index (κ1) is 16.8. The van der Waals surface area contributed by atoms with Crippen LogP contribution in [0.5, 0.6) is 5.75 Å². The number of nitrogens with zero attached hydrogens (tertiary/aromatic N) is 1. The van der Waals surface area contributed by atoms with Crippen molar-refractivity contribution in [2.45, 2.75) is 44.4 Å². The van der Waals surface area contributed by atoms with Gasteiger partial charge in [-0.1, -0.05) is 25.5 Å². The van der Waals surface area contributed by atoms with Crippen molar-refractivity contribution < 1.29 is 14.6 Å². The summed E-state index contributed by atoms with van der Waals surface area (Å²) in [5.74, 6) is 0.999. The van der Waals surface area contributed by atoms with Crippen LogP contribution in [0, 0.1) is 0 Å². The third-order valence-corrected chi connectivity index (χ3v) is 4.79. The Labute approximate surface area is 133 Å². The number of carbonyl (C=O) groups is 1. The molecule has 4 heteroatoms. The Bertz CT molecular complexity index is 503. The van der Waals surface area contributed by atoms with Crippen molar-refractivity contribution in [2.75, 3.05) is 26.8 Å². The van der Waals surface area contributed by atoms with E-state index < -0.39 is 5.41 Å². The zero-order valence-corrected chi connectivity index (χ0v) is 13.7. The Balaban J connectivity index is 2.37. The number of hydrogen-bond acceptors (Lipinski definition) is 3. The van der Waals surface area contributed by atoms with E-state index in [9.17, 15) is 4.79 Å². The van der Waals surface area contributed by atoms with Crippen molar-refractivity contribution in [1.82, 2.24) is 4.90 Å². The van der Waals surface area contributed by atoms with E-state index in [1.54, 1.807) is 7.11 Å². The largest absolute Gasteiger partial charge is 0.497 e. The molecule has 1 fully saturated rings. The lowest BCUT2D eigenvalue weighted by atomic mass is 9.73. The average molecular weight is 305 g/mol. The smallest absolute Gasteiger partial charge is 0.233 e. The summed E-state index contributed by atoms with van der Waals surface area (Å²) in [6, 6.07) is 7.91. The van der Waals surface area contributed by atoms with Crippen LogP contribution in [-0.2, 0) is 10.2 Å². The number of aliphatic hydroxyl groups is 1. The summed E-state index contributed by atoms with van der Waals surface area (Å²) in [6.07, 6.45) is 4.39. The van der Waals surface area contributed by atoms with Gasteiger partial charge in [-0.3, -0.25) is 4.79 Å². The van der Waals surface area contributed by atoms with Crippen molar-refractivity contribution in [3.63, 3.8) is 0 Å². The number of methoxy groups -OCH3 is 1. The highest BCUT2D eigenvalue weighted by molar-refractivity contribution is 5.88. The predicted octanol–water partition coefficient (Wildman–Crippen LogP) is 2.74. The monoisotopic (exact) mass is 305 g/mol. The highest BCUT2D eigenvalue weighted by atomic mass is 16.5. The van der Waals surface area contributed by atoms with Gasteiger partial charge in [-0.25, -0.2) is 0 Å². The lowest BCUT2D eigenvalue weighted by Crippen LogP contribution is -2.45. The molecule has 1 aromatic rings. The predicted molar refractivity (Wildman–Crippen MR) is 87.1 cm³/mol. The quantitative estimate of drug-likeness (QED) is 0.879. The van der Waals surface area contributed by atoms with Crippen LogP contribution in [0.25, 0.3) is 0 Å². The van der Waals surface area contributed by atoms with Gasteiger partial charge in [0.2, 0.25) is 5.91 Å². The summed E-state index contributed by atoms with van der Waals surface area (Å²) in [7, 11) is 1.65. The maximum atomic E-state index is 13.2. The molecule has 0 spiro atoms. The standard InChI is InChI=1S/C18H27NO3/c1-3-18(15-8-6-9-16(14-15)22-2)10-4-5-11-19(17(18)21)12-7-13-20/h6,8-9,14,20H,3-5,7,10-13H2,1-2H3. The summed E-state index contributed by atoms with van der Waals surface area (Å²) in [4.78, 5) is 15.1. The minimum absolute atomic E-state index is 0.127. The molecule has 1 amide bonds. The fourth-order valence-electron chi connectivity index (χ4n) is 3.44. The molecule has 1 heterocycles. The maximum absolute atomic E-state index is 13.2. The maximum Gasteiger partial charge on any atom is 0.233 e. The molecule has 2 rings (SSSR count). The zero-order chi connectivity index (χ0) is 16.0. The first-order valence-corrected chi connectivity index (χ1v) is 8.22. The highest BCUT2D eigenvalue weighted by Gasteiger charge is 2.42. The molecule has 0 radical (unpaired) electrons. The van der Waals surface area contributed by atoms with Gasteiger partial charge in [0, 0.05) is 19.7 Å². The molecule has 0 aromatic heterocycles. The van der Waals surface area contributed by atoms with E-state index in [0.29, 0.717) is 13.0 Å². The topological polar surface area (TPSA) is 49.8 Å². The number of amides is 1. The van der Waals surface area contributed by atoms with Gasteiger partial charge in [0.05, 0.1) is 12.5 Å². The molecule has 1 atom stereocenters. The molecule has 0 bridgehead atoms. The zero-order valence-electron chi connectivity index (χ0n) is 13.7. The van der Waals surface area contributed by atoms with Crippen LogP contribution in [0.4, 0.5) is 0 Å². The van der Waals surface area contributed by atoms with Crippen LogP contribution in [0.15, 0.2) is 24.3 Å². The second-order valence-electron chi connectivity index (χ2n) is 5.99. The molecular weight excluding hydrogens is 278 g/mol. The van der Waals surface area contributed by atoms with Crippen molar-refractivity contribution in [3.05, 3.63) is 29.8 Å². The van der Waals surface area contributed by atoms with Gasteiger partial charge in [-0.15, -0.1) is 0 Å². The second-order valence-corrected chi connectivity index (χ2v) is 5.99. The third-order valence-electron chi connectivity index (χ3n) is 4.79. The van der Waals surface area contributed by atoms with Gasteiger partial charge in [-0.05, 0) is 43.4 Å². The molecule has 4 nitrogen and oxygen atoms in total. The van der Waals surface area contributed by atoms with E-state index in [1.807, 2.05) is 29.2 Å². The Morgan fingerprint density at radius 3 is 2.86 bits per heavy atom. The molecule has 1 unspecified atom stereocenters. The molecule has 1 aromatic carbocycles. The normalized spacial score (nSPS) is 22.5. The summed E-state index contributed by atoms with van der Waals surface area (Å²) >= 11 is 0. The number of aliphatic hydroxyl groups excluding tert-OH is 1. The first-order valence-electron chi connectivity index (χ1n) is 8.22. The minimum atomic E-state index is -0.458. The molecule has 22 heavy (non-hydrogen) atoms. The molecule has 1 aliphatic heterocycles. The van der Waals surface area contributed by atoms with E-state index in [-0.39, 0.29) is 12.5 Å². The van der Waals surface area contributed by atoms with E-state index in [1.165, 1.54) is 0 Å². The SMILES string of the molecule is CCC1(c2cccc(OC)c2)CCCCN(CCCO)C1=O. The van der Waals surface area contributed by atoms with Crippen LogP contribution in [-0.4, -0.2) is 42.7 Å². The van der Waals surface area contributed by atoms with Gasteiger partial charge < -0.3 is 14.7 Å². The molecule has 1 N–H and O–H groups in total. The Morgan fingerprint density at radius 1 is 1.36 bits per heavy atom. The number of likely N-dealkylation sites (tertiary alicyclic amines) is 1. The van der Waals surface area contributed by atoms with Crippen LogP contribution in [0.1, 0.15) is 44.6 Å². The first-order chi connectivity index (χ1) is 10.7. The highest BCUT2D eigenvalue weighted by Crippen LogP contribution is 2.38. The lowest BCUT2D eigenvalue weighted by molar-refractivity contribution is -0.137. The number of rotatable bonds is 6. The molecule has 122 valence electrons. The lowest BCUT2D eigenvalue weighted by Gasteiger charge is -2.35. The second kappa shape index (κ2) is 7.63. The van der Waals surface area contributed by atoms with E-state index >= 15 is 0 Å². The average Bonchev–Trinajstić information content (AvgIpc) is 2.73. The summed E-state index contributed by atoms with van der Waals surface area (Å²) in [6.45, 7) is 3.65. The fourth-order valence-corrected chi connectivity index (χ4v) is 3.44. The summed E-state index contributed by atoms with van der Waals surface area (Å²) in [5, 5.41) is 9.07. The Hall–Kier alpha value is -1.55. The van der Waals surface area contributed by atoms with Crippen LogP contribution in [0.3, 0.4) is 0 Å². The van der Waals surface area contributed by atoms with Crippen LogP contribution < -0.4 is 4.74 Å². The Morgan fingerprint density at radius 2 is 2.18 bits per heavy atom. The van der Waals surface area contributed by atoms with Crippen molar-refractivity contribution >= 4 is 5.91 Å². The van der Waals surface area contributed by atoms with Gasteiger partial charge >= 0.3 is 0 Å². The number of benzene rings is 1. The van der Waals surface area contributed by atoms with Crippen LogP contribution in [0.2, 0.25) is 0 Å². The van der Waals surface area contributed by atoms with Gasteiger partial charge in [-0.2, -0.15) is 0 Å². The van der Waals surface area contributed by atoms with Crippen molar-refractivity contribution in [2.24, 2.45) is 0 Å². The van der Waals surface area contributed by atoms with Crippen LogP contribution >= 0.6 is 0 Å². The van der Waals surface area contributed by atoms with Gasteiger partial charge in [0.25, 0.3) is 0 Å². The molecule has 0 saturated carbocycles. The van der Waals surface area contributed by atoms with Gasteiger partial charge in [0.15, 0.2) is 0 Å². The Kier molecular flexibility index (Phi) is 5.83. The third kappa shape index (κ3) is 3.27. The molecule has 0 aliphatic carbocycles. The number of hydrogen-bond donors (Lipinski definition) is 1. The van der Waals surface area contributed by atoms with Crippen molar-refractivity contribution in [3.8, 4) is 5.75 Å². The molecule has 1 saturated heterocycles. The van der Waals surface area contributed by atoms with E-state index in [2.05, 4.69) is 6.92 Å². The number of carbonyl (C=O) groups excluding carboxylic acids is 1. The summed E-state index contributed by atoms with van der Waals surface area (Å²) in [5.41, 5.74) is 0.593. The number of ether oxygens (including phenoxy) is 1. The minimum Gasteiger partial charge on any atom is -0.497 e. The van der Waals surface area contributed by atoms with Crippen molar-refractivity contribution in [1.29, 1.82) is 0 Å². The van der Waals surface area contributed by atoms with E-state index in [4.69, 9.17) is 9.84 Å². The molecular formula is C18H27NO3. The van der Waals surface area contributed by atoms with E-state index in [0.717, 1.165) is 43.5 Å². The van der Waals surface area contributed by atoms with Gasteiger partial charge in [0.1, 0.15) is 5.75 Å². The summed E-state index contributed by atoms with van der Waals surface area (Å²) < 4.78 is 5.34. The molecule has 1 aliphatic rings. The fraction of sp³-hybridized carbons (Fsp3) is 0.611.